The topological polar surface area (TPSA) is 0 Å². The number of aryl methyl sites for hydroxylation is 2. The molecule has 0 heterocycles. The van der Waals surface area contributed by atoms with E-state index in [1.54, 1.807) is 0 Å². The van der Waals surface area contributed by atoms with Crippen LogP contribution in [-0.4, -0.2) is 0 Å². The van der Waals surface area contributed by atoms with Gasteiger partial charge < -0.3 is 0 Å². The van der Waals surface area contributed by atoms with Crippen molar-refractivity contribution in [1.82, 2.24) is 0 Å². The van der Waals surface area contributed by atoms with E-state index < -0.39 is 0 Å². The maximum atomic E-state index is 2.45. The van der Waals surface area contributed by atoms with Crippen LogP contribution in [0.25, 0.3) is 22.3 Å². The second-order valence-corrected chi connectivity index (χ2v) is 8.59. The van der Waals surface area contributed by atoms with Gasteiger partial charge in [0.2, 0.25) is 0 Å². The van der Waals surface area contributed by atoms with Crippen molar-refractivity contribution in [2.75, 3.05) is 0 Å². The molecule has 0 N–H and O–H groups in total. The van der Waals surface area contributed by atoms with Crippen LogP contribution in [0, 0.1) is 31.3 Å². The highest BCUT2D eigenvalue weighted by molar-refractivity contribution is 14.1. The van der Waals surface area contributed by atoms with E-state index in [9.17, 15) is 0 Å². The molecular weight excluding hydrogens is 530 g/mol. The minimum atomic E-state index is 1.06. The number of alkyl halides is 1. The quantitative estimate of drug-likeness (QED) is 0.230. The third kappa shape index (κ3) is 3.80. The highest BCUT2D eigenvalue weighted by atomic mass is 127. The van der Waals surface area contributed by atoms with E-state index in [0.29, 0.717) is 0 Å². The molecule has 0 atom stereocenters. The van der Waals surface area contributed by atoms with Gasteiger partial charge in [0.05, 0.1) is 0 Å². The van der Waals surface area contributed by atoms with Gasteiger partial charge in [-0.15, -0.1) is 0 Å². The highest BCUT2D eigenvalue weighted by Gasteiger charge is 2.12. The zero-order valence-electron chi connectivity index (χ0n) is 15.1. The van der Waals surface area contributed by atoms with Crippen molar-refractivity contribution in [3.8, 4) is 22.3 Å². The molecule has 0 nitrogen and oxygen atoms in total. The lowest BCUT2D eigenvalue weighted by Crippen LogP contribution is -1.94. The molecule has 3 aromatic rings. The molecule has 128 valence electrons. The fraction of sp³-hybridized carbons (Fsp3) is 0.217. The van der Waals surface area contributed by atoms with Gasteiger partial charge >= 0.3 is 0 Å². The van der Waals surface area contributed by atoms with Gasteiger partial charge in [-0.2, -0.15) is 0 Å². The molecule has 0 aromatic heterocycles. The maximum absolute atomic E-state index is 2.45. The van der Waals surface area contributed by atoms with Crippen molar-refractivity contribution in [2.24, 2.45) is 0 Å². The fourth-order valence-corrected chi connectivity index (χ4v) is 5.09. The molecule has 0 amide bonds. The van der Waals surface area contributed by atoms with Crippen LogP contribution in [0.5, 0.6) is 0 Å². The Balaban J connectivity index is 2.11. The van der Waals surface area contributed by atoms with Crippen LogP contribution in [0.1, 0.15) is 27.8 Å². The molecule has 0 bridgehead atoms. The molecular formula is C23H22I2. The normalized spacial score (nSPS) is 11.0. The molecule has 0 saturated heterocycles. The van der Waals surface area contributed by atoms with Crippen molar-refractivity contribution in [3.05, 3.63) is 79.9 Å². The van der Waals surface area contributed by atoms with E-state index in [2.05, 4.69) is 121 Å². The summed E-state index contributed by atoms with van der Waals surface area (Å²) in [5.74, 6) is 0. The third-order valence-electron chi connectivity index (χ3n) is 5.00. The van der Waals surface area contributed by atoms with Crippen molar-refractivity contribution >= 4 is 45.2 Å². The molecule has 0 saturated carbocycles. The second-order valence-electron chi connectivity index (χ2n) is 6.67. The number of benzene rings is 3. The van der Waals surface area contributed by atoms with Gasteiger partial charge in [-0.3, -0.25) is 0 Å². The summed E-state index contributed by atoms with van der Waals surface area (Å²) in [7, 11) is 0. The van der Waals surface area contributed by atoms with Crippen molar-refractivity contribution in [2.45, 2.75) is 32.1 Å². The average molecular weight is 552 g/mol. The largest absolute Gasteiger partial charge is 0.0812 e. The SMILES string of the molecule is Cc1ccc(-c2ccc(-c3ccc(CI)c(C)c3)c(C)c2C)c(I)c1. The van der Waals surface area contributed by atoms with Crippen LogP contribution in [0.15, 0.2) is 48.5 Å². The van der Waals surface area contributed by atoms with E-state index in [-0.39, 0.29) is 0 Å². The predicted octanol–water partition coefficient (Wildman–Crippen LogP) is 7.79. The molecule has 0 spiro atoms. The molecule has 3 rings (SSSR count). The van der Waals surface area contributed by atoms with Crippen molar-refractivity contribution in [1.29, 1.82) is 0 Å². The number of hydrogen-bond acceptors (Lipinski definition) is 0. The van der Waals surface area contributed by atoms with Crippen LogP contribution in [0.2, 0.25) is 0 Å². The van der Waals surface area contributed by atoms with E-state index >= 15 is 0 Å². The Bertz CT molecular complexity index is 939. The van der Waals surface area contributed by atoms with Crippen molar-refractivity contribution < 1.29 is 0 Å². The highest BCUT2D eigenvalue weighted by Crippen LogP contribution is 2.35. The first-order valence-electron chi connectivity index (χ1n) is 8.45. The minimum Gasteiger partial charge on any atom is -0.0812 e. The van der Waals surface area contributed by atoms with Crippen LogP contribution in [-0.2, 0) is 4.43 Å². The number of hydrogen-bond donors (Lipinski definition) is 0. The van der Waals surface area contributed by atoms with E-state index in [1.165, 1.54) is 53.6 Å². The summed E-state index contributed by atoms with van der Waals surface area (Å²) in [6.07, 6.45) is 0. The lowest BCUT2D eigenvalue weighted by molar-refractivity contribution is 1.31. The van der Waals surface area contributed by atoms with Gasteiger partial charge in [0, 0.05) is 8.00 Å². The van der Waals surface area contributed by atoms with Gasteiger partial charge in [-0.1, -0.05) is 70.6 Å². The Morgan fingerprint density at radius 3 is 2.00 bits per heavy atom. The van der Waals surface area contributed by atoms with Crippen molar-refractivity contribution in [3.63, 3.8) is 0 Å². The van der Waals surface area contributed by atoms with Gasteiger partial charge in [0.25, 0.3) is 0 Å². The van der Waals surface area contributed by atoms with E-state index in [0.717, 1.165) is 4.43 Å². The first-order chi connectivity index (χ1) is 11.9. The summed E-state index contributed by atoms with van der Waals surface area (Å²) in [5.41, 5.74) is 12.2. The van der Waals surface area contributed by atoms with Gasteiger partial charge in [-0.05, 0) is 101 Å². The molecule has 0 aliphatic heterocycles. The van der Waals surface area contributed by atoms with Crippen LogP contribution in [0.3, 0.4) is 0 Å². The number of rotatable bonds is 3. The van der Waals surface area contributed by atoms with Gasteiger partial charge in [0.1, 0.15) is 0 Å². The molecule has 0 fully saturated rings. The summed E-state index contributed by atoms with van der Waals surface area (Å²) in [6.45, 7) is 8.85. The second kappa shape index (κ2) is 7.78. The molecule has 2 heteroatoms. The van der Waals surface area contributed by atoms with E-state index in [1.807, 2.05) is 0 Å². The summed E-state index contributed by atoms with van der Waals surface area (Å²) in [4.78, 5) is 0. The molecule has 25 heavy (non-hydrogen) atoms. The Morgan fingerprint density at radius 2 is 1.36 bits per heavy atom. The Labute approximate surface area is 178 Å². The Morgan fingerprint density at radius 1 is 0.720 bits per heavy atom. The van der Waals surface area contributed by atoms with Gasteiger partial charge in [-0.25, -0.2) is 0 Å². The first-order valence-corrected chi connectivity index (χ1v) is 11.1. The Kier molecular flexibility index (Phi) is 5.88. The summed E-state index contributed by atoms with van der Waals surface area (Å²) < 4.78 is 2.38. The lowest BCUT2D eigenvalue weighted by atomic mass is 9.89. The standard InChI is InChI=1S/C23H22I2/c1-14-5-8-22(23(25)11-14)21-10-9-20(16(3)17(21)4)18-6-7-19(13-24)15(2)12-18/h5-12H,13H2,1-4H3. The van der Waals surface area contributed by atoms with Crippen LogP contribution in [0.4, 0.5) is 0 Å². The van der Waals surface area contributed by atoms with Gasteiger partial charge in [0.15, 0.2) is 0 Å². The summed E-state index contributed by atoms with van der Waals surface area (Å²) >= 11 is 4.88. The fourth-order valence-electron chi connectivity index (χ4n) is 3.28. The summed E-state index contributed by atoms with van der Waals surface area (Å²) in [6, 6.07) is 18.1. The molecule has 0 aliphatic carbocycles. The minimum absolute atomic E-state index is 1.06. The Hall–Kier alpha value is -0.880. The van der Waals surface area contributed by atoms with E-state index in [4.69, 9.17) is 0 Å². The van der Waals surface area contributed by atoms with Crippen LogP contribution >= 0.6 is 45.2 Å². The predicted molar refractivity (Wildman–Crippen MR) is 127 cm³/mol. The molecule has 0 radical (unpaired) electrons. The lowest BCUT2D eigenvalue weighted by Gasteiger charge is -2.16. The molecule has 0 unspecified atom stereocenters. The monoisotopic (exact) mass is 552 g/mol. The molecule has 0 aliphatic rings. The zero-order chi connectivity index (χ0) is 18.1. The smallest absolute Gasteiger partial charge is 0.0249 e. The summed E-state index contributed by atoms with van der Waals surface area (Å²) in [5, 5.41) is 0. The first kappa shape index (κ1) is 18.9. The third-order valence-corrected chi connectivity index (χ3v) is 6.71. The van der Waals surface area contributed by atoms with Crippen LogP contribution < -0.4 is 0 Å². The number of halogens is 2. The average Bonchev–Trinajstić information content (AvgIpc) is 2.58. The zero-order valence-corrected chi connectivity index (χ0v) is 19.4. The maximum Gasteiger partial charge on any atom is 0.0249 e. The molecule has 3 aromatic carbocycles.